The molecule has 4 heterocycles. The fourth-order valence-corrected chi connectivity index (χ4v) is 3.84. The Balaban J connectivity index is 1.34. The maximum absolute atomic E-state index is 11.8. The van der Waals surface area contributed by atoms with Crippen molar-refractivity contribution in [2.24, 2.45) is 0 Å². The average Bonchev–Trinajstić information content (AvgIpc) is 3.14. The van der Waals surface area contributed by atoms with Gasteiger partial charge in [-0.2, -0.15) is 5.10 Å². The second kappa shape index (κ2) is 8.27. The molecule has 1 amide bonds. The highest BCUT2D eigenvalue weighted by Crippen LogP contribution is 2.20. The standard InChI is InChI=1S/C21H27N7O2/c1-14-13-28-19(24-20(14)29)12-16(25-28)6-7-26-8-10-27(11-9-26)18-5-4-17(21(30)22-3)23-15(18)2/h4-5,12-13H,6-11H2,1-3H3,(H,22,30)(H,24,29). The van der Waals surface area contributed by atoms with Gasteiger partial charge >= 0.3 is 0 Å². The SMILES string of the molecule is CNC(=O)c1ccc(N2CCN(CCc3cc4[nH]c(=O)c(C)cn4n3)CC2)c(C)n1. The van der Waals surface area contributed by atoms with Crippen LogP contribution < -0.4 is 15.8 Å². The number of hydrogen-bond donors (Lipinski definition) is 2. The molecule has 0 aliphatic carbocycles. The minimum absolute atomic E-state index is 0.0711. The first-order valence-corrected chi connectivity index (χ1v) is 10.2. The lowest BCUT2D eigenvalue weighted by atomic mass is 10.2. The van der Waals surface area contributed by atoms with E-state index in [0.717, 1.165) is 61.9 Å². The van der Waals surface area contributed by atoms with Gasteiger partial charge in [0.15, 0.2) is 0 Å². The highest BCUT2D eigenvalue weighted by molar-refractivity contribution is 5.92. The molecule has 0 saturated carbocycles. The summed E-state index contributed by atoms with van der Waals surface area (Å²) in [5.41, 5.74) is 4.69. The molecule has 0 bridgehead atoms. The molecule has 1 aliphatic rings. The van der Waals surface area contributed by atoms with Crippen LogP contribution in [0.2, 0.25) is 0 Å². The molecule has 9 nitrogen and oxygen atoms in total. The summed E-state index contributed by atoms with van der Waals surface area (Å²) in [6.07, 6.45) is 2.60. The molecule has 0 radical (unpaired) electrons. The number of aromatic nitrogens is 4. The third-order valence-corrected chi connectivity index (χ3v) is 5.62. The summed E-state index contributed by atoms with van der Waals surface area (Å²) < 4.78 is 1.74. The van der Waals surface area contributed by atoms with Crippen molar-refractivity contribution in [1.29, 1.82) is 0 Å². The van der Waals surface area contributed by atoms with E-state index in [0.29, 0.717) is 11.3 Å². The fourth-order valence-electron chi connectivity index (χ4n) is 3.84. The number of piperazine rings is 1. The maximum Gasteiger partial charge on any atom is 0.269 e. The lowest BCUT2D eigenvalue weighted by Crippen LogP contribution is -2.47. The van der Waals surface area contributed by atoms with Gasteiger partial charge in [0.1, 0.15) is 11.3 Å². The van der Waals surface area contributed by atoms with Crippen LogP contribution >= 0.6 is 0 Å². The van der Waals surface area contributed by atoms with Gasteiger partial charge in [-0.3, -0.25) is 14.5 Å². The van der Waals surface area contributed by atoms with E-state index in [1.165, 1.54) is 0 Å². The van der Waals surface area contributed by atoms with Crippen molar-refractivity contribution in [1.82, 2.24) is 29.8 Å². The molecule has 3 aromatic rings. The summed E-state index contributed by atoms with van der Waals surface area (Å²) in [4.78, 5) is 35.6. The van der Waals surface area contributed by atoms with E-state index >= 15 is 0 Å². The molecule has 0 atom stereocenters. The number of amides is 1. The number of H-pyrrole nitrogens is 1. The number of rotatable bonds is 5. The number of nitrogens with one attached hydrogen (secondary N) is 2. The van der Waals surface area contributed by atoms with Crippen molar-refractivity contribution in [2.45, 2.75) is 20.3 Å². The van der Waals surface area contributed by atoms with Gasteiger partial charge in [-0.1, -0.05) is 0 Å². The molecule has 0 unspecified atom stereocenters. The Morgan fingerprint density at radius 3 is 2.67 bits per heavy atom. The summed E-state index contributed by atoms with van der Waals surface area (Å²) >= 11 is 0. The van der Waals surface area contributed by atoms with Crippen molar-refractivity contribution in [3.63, 3.8) is 0 Å². The van der Waals surface area contributed by atoms with Crippen molar-refractivity contribution in [2.75, 3.05) is 44.7 Å². The highest BCUT2D eigenvalue weighted by atomic mass is 16.1. The van der Waals surface area contributed by atoms with E-state index in [2.05, 4.69) is 30.2 Å². The predicted molar refractivity (Wildman–Crippen MR) is 115 cm³/mol. The van der Waals surface area contributed by atoms with E-state index in [4.69, 9.17) is 0 Å². The quantitative estimate of drug-likeness (QED) is 0.646. The molecular formula is C21H27N7O2. The third-order valence-electron chi connectivity index (χ3n) is 5.62. The number of aromatic amines is 1. The Morgan fingerprint density at radius 2 is 1.97 bits per heavy atom. The van der Waals surface area contributed by atoms with E-state index in [-0.39, 0.29) is 11.5 Å². The predicted octanol–water partition coefficient (Wildman–Crippen LogP) is 0.759. The highest BCUT2D eigenvalue weighted by Gasteiger charge is 2.20. The van der Waals surface area contributed by atoms with Gasteiger partial charge in [0.25, 0.3) is 11.5 Å². The number of fused-ring (bicyclic) bond motifs is 1. The number of pyridine rings is 1. The van der Waals surface area contributed by atoms with Crippen molar-refractivity contribution >= 4 is 17.2 Å². The van der Waals surface area contributed by atoms with Crippen LogP contribution in [-0.2, 0) is 6.42 Å². The topological polar surface area (TPSA) is 98.6 Å². The van der Waals surface area contributed by atoms with Gasteiger partial charge in [0.05, 0.1) is 17.1 Å². The Kier molecular flexibility index (Phi) is 5.54. The Labute approximate surface area is 174 Å². The largest absolute Gasteiger partial charge is 0.368 e. The van der Waals surface area contributed by atoms with Crippen LogP contribution in [0.5, 0.6) is 0 Å². The summed E-state index contributed by atoms with van der Waals surface area (Å²) in [5, 5.41) is 7.18. The monoisotopic (exact) mass is 409 g/mol. The van der Waals surface area contributed by atoms with Gasteiger partial charge in [0, 0.05) is 64.0 Å². The van der Waals surface area contributed by atoms with Gasteiger partial charge < -0.3 is 15.2 Å². The molecule has 1 aliphatic heterocycles. The minimum atomic E-state index is -0.166. The van der Waals surface area contributed by atoms with E-state index in [9.17, 15) is 9.59 Å². The van der Waals surface area contributed by atoms with Gasteiger partial charge in [-0.25, -0.2) is 9.50 Å². The first-order valence-electron chi connectivity index (χ1n) is 10.2. The molecule has 158 valence electrons. The molecule has 3 aromatic heterocycles. The van der Waals surface area contributed by atoms with Crippen molar-refractivity contribution in [3.05, 3.63) is 57.4 Å². The van der Waals surface area contributed by atoms with Crippen LogP contribution in [0.1, 0.15) is 27.4 Å². The van der Waals surface area contributed by atoms with E-state index < -0.39 is 0 Å². The fraction of sp³-hybridized carbons (Fsp3) is 0.429. The zero-order valence-corrected chi connectivity index (χ0v) is 17.6. The Bertz CT molecular complexity index is 1130. The lowest BCUT2D eigenvalue weighted by Gasteiger charge is -2.36. The normalized spacial score (nSPS) is 15.0. The zero-order chi connectivity index (χ0) is 21.3. The molecule has 9 heteroatoms. The van der Waals surface area contributed by atoms with Crippen LogP contribution in [0.25, 0.3) is 5.65 Å². The number of hydrogen-bond acceptors (Lipinski definition) is 6. The molecule has 1 fully saturated rings. The molecule has 30 heavy (non-hydrogen) atoms. The van der Waals surface area contributed by atoms with Gasteiger partial charge in [-0.15, -0.1) is 0 Å². The van der Waals surface area contributed by atoms with E-state index in [1.807, 2.05) is 19.1 Å². The number of carbonyl (C=O) groups is 1. The first-order chi connectivity index (χ1) is 14.4. The molecular weight excluding hydrogens is 382 g/mol. The summed E-state index contributed by atoms with van der Waals surface area (Å²) in [7, 11) is 1.61. The summed E-state index contributed by atoms with van der Waals surface area (Å²) in [6, 6.07) is 5.71. The average molecular weight is 409 g/mol. The second-order valence-electron chi connectivity index (χ2n) is 7.69. The minimum Gasteiger partial charge on any atom is -0.368 e. The number of aryl methyl sites for hydroxylation is 2. The number of nitrogens with zero attached hydrogens (tertiary/aromatic N) is 5. The molecule has 0 spiro atoms. The van der Waals surface area contributed by atoms with Crippen molar-refractivity contribution in [3.8, 4) is 0 Å². The van der Waals surface area contributed by atoms with Crippen LogP contribution in [0.4, 0.5) is 5.69 Å². The van der Waals surface area contributed by atoms with Crippen molar-refractivity contribution < 1.29 is 4.79 Å². The van der Waals surface area contributed by atoms with Crippen LogP contribution in [0.15, 0.2) is 29.2 Å². The third kappa shape index (κ3) is 4.06. The molecule has 1 saturated heterocycles. The van der Waals surface area contributed by atoms with Gasteiger partial charge in [-0.05, 0) is 26.0 Å². The second-order valence-corrected chi connectivity index (χ2v) is 7.69. The zero-order valence-electron chi connectivity index (χ0n) is 17.6. The van der Waals surface area contributed by atoms with Crippen LogP contribution in [0, 0.1) is 13.8 Å². The number of anilines is 1. The maximum atomic E-state index is 11.8. The molecule has 0 aromatic carbocycles. The van der Waals surface area contributed by atoms with Crippen LogP contribution in [-0.4, -0.2) is 70.2 Å². The summed E-state index contributed by atoms with van der Waals surface area (Å²) in [5.74, 6) is -0.166. The smallest absolute Gasteiger partial charge is 0.269 e. The van der Waals surface area contributed by atoms with Crippen LogP contribution in [0.3, 0.4) is 0 Å². The Morgan fingerprint density at radius 1 is 1.20 bits per heavy atom. The number of carbonyl (C=O) groups excluding carboxylic acids is 1. The first kappa shape index (κ1) is 20.1. The van der Waals surface area contributed by atoms with E-state index in [1.54, 1.807) is 30.8 Å². The lowest BCUT2D eigenvalue weighted by molar-refractivity contribution is 0.0958. The van der Waals surface area contributed by atoms with Gasteiger partial charge in [0.2, 0.25) is 0 Å². The molecule has 2 N–H and O–H groups in total. The Hall–Kier alpha value is -3.20. The molecule has 4 rings (SSSR count). The summed E-state index contributed by atoms with van der Waals surface area (Å²) in [6.45, 7) is 8.40.